The van der Waals surface area contributed by atoms with Gasteiger partial charge in [-0.2, -0.15) is 0 Å². The van der Waals surface area contributed by atoms with Gasteiger partial charge in [0.25, 0.3) is 0 Å². The van der Waals surface area contributed by atoms with Gasteiger partial charge in [0.2, 0.25) is 0 Å². The van der Waals surface area contributed by atoms with Gasteiger partial charge in [-0.3, -0.25) is 9.97 Å². The van der Waals surface area contributed by atoms with Gasteiger partial charge in [-0.15, -0.1) is 0 Å². The zero-order valence-corrected chi connectivity index (χ0v) is 47.4. The van der Waals surface area contributed by atoms with E-state index in [9.17, 15) is 0 Å². The van der Waals surface area contributed by atoms with E-state index in [1.807, 2.05) is 24.5 Å². The first-order chi connectivity index (χ1) is 43.6. The molecule has 0 aliphatic heterocycles. The number of hydrogen-bond acceptors (Lipinski definition) is 6. The molecule has 88 heavy (non-hydrogen) atoms. The van der Waals surface area contributed by atoms with Crippen LogP contribution in [-0.2, 0) is 0 Å². The van der Waals surface area contributed by atoms with Crippen LogP contribution in [0.3, 0.4) is 0 Å². The summed E-state index contributed by atoms with van der Waals surface area (Å²) in [6.07, 6.45) is 3.72. The predicted octanol–water partition coefficient (Wildman–Crippen LogP) is 21.2. The molecule has 0 amide bonds. The minimum absolute atomic E-state index is 0.679. The van der Waals surface area contributed by atoms with Crippen LogP contribution in [0.4, 0.5) is 0 Å². The number of rotatable bonds is 9. The minimum Gasteiger partial charge on any atom is -0.256 e. The fourth-order valence-corrected chi connectivity index (χ4v) is 13.6. The Morgan fingerprint density at radius 2 is 0.477 bits per heavy atom. The lowest BCUT2D eigenvalue weighted by molar-refractivity contribution is 1.19. The van der Waals surface area contributed by atoms with Crippen LogP contribution < -0.4 is 0 Å². The molecule has 0 fully saturated rings. The van der Waals surface area contributed by atoms with Gasteiger partial charge in [0.1, 0.15) is 0 Å². The van der Waals surface area contributed by atoms with Crippen molar-refractivity contribution in [3.05, 3.63) is 291 Å². The van der Waals surface area contributed by atoms with Gasteiger partial charge >= 0.3 is 0 Å². The lowest BCUT2D eigenvalue weighted by Gasteiger charge is -2.15. The molecule has 0 saturated carbocycles. The second-order valence-electron chi connectivity index (χ2n) is 22.9. The summed E-state index contributed by atoms with van der Waals surface area (Å²) in [6, 6.07) is 99.8. The molecule has 0 unspecified atom stereocenters. The fourth-order valence-electron chi connectivity index (χ4n) is 13.6. The molecule has 4 aromatic heterocycles. The van der Waals surface area contributed by atoms with Crippen molar-refractivity contribution in [1.82, 2.24) is 29.9 Å². The molecule has 0 aliphatic carbocycles. The van der Waals surface area contributed by atoms with Gasteiger partial charge in [0.05, 0.1) is 33.8 Å². The van der Waals surface area contributed by atoms with E-state index in [-0.39, 0.29) is 0 Å². The van der Waals surface area contributed by atoms with E-state index in [4.69, 9.17) is 29.9 Å². The van der Waals surface area contributed by atoms with Crippen molar-refractivity contribution < 1.29 is 0 Å². The van der Waals surface area contributed by atoms with E-state index in [0.29, 0.717) is 11.6 Å². The van der Waals surface area contributed by atoms with Gasteiger partial charge in [-0.05, 0) is 123 Å². The lowest BCUT2D eigenvalue weighted by atomic mass is 9.91. The molecule has 0 bridgehead atoms. The van der Waals surface area contributed by atoms with Crippen LogP contribution in [0.5, 0.6) is 0 Å². The van der Waals surface area contributed by atoms with Crippen LogP contribution in [-0.4, -0.2) is 29.9 Å². The Kier molecular flexibility index (Phi) is 11.2. The van der Waals surface area contributed by atoms with Crippen molar-refractivity contribution in [3.8, 4) is 101 Å². The summed E-state index contributed by atoms with van der Waals surface area (Å²) in [5.74, 6) is 1.36. The van der Waals surface area contributed by atoms with Gasteiger partial charge < -0.3 is 0 Å². The summed E-state index contributed by atoms with van der Waals surface area (Å²) in [5, 5.41) is 16.8. The van der Waals surface area contributed by atoms with Crippen molar-refractivity contribution in [2.75, 3.05) is 0 Å². The van der Waals surface area contributed by atoms with Crippen molar-refractivity contribution in [2.45, 2.75) is 0 Å². The summed E-state index contributed by atoms with van der Waals surface area (Å²) < 4.78 is 0. The fraction of sp³-hybridized carbons (Fsp3) is 0. The first-order valence-corrected chi connectivity index (χ1v) is 29.8. The Hall–Kier alpha value is -11.9. The van der Waals surface area contributed by atoms with E-state index in [1.54, 1.807) is 0 Å². The minimum atomic E-state index is 0.679. The van der Waals surface area contributed by atoms with Gasteiger partial charge in [0.15, 0.2) is 11.6 Å². The quantitative estimate of drug-likeness (QED) is 0.134. The third-order valence-electron chi connectivity index (χ3n) is 17.9. The highest BCUT2D eigenvalue weighted by atomic mass is 14.9. The predicted molar refractivity (Wildman–Crippen MR) is 365 cm³/mol. The summed E-state index contributed by atoms with van der Waals surface area (Å²) >= 11 is 0. The molecule has 6 nitrogen and oxygen atoms in total. The highest BCUT2D eigenvalue weighted by Crippen LogP contribution is 2.43. The highest BCUT2D eigenvalue weighted by Gasteiger charge is 2.20. The third kappa shape index (κ3) is 8.18. The Morgan fingerprint density at radius 1 is 0.193 bits per heavy atom. The largest absolute Gasteiger partial charge is 0.256 e. The Bertz CT molecular complexity index is 5380. The number of aromatic nitrogens is 6. The zero-order chi connectivity index (χ0) is 57.8. The Labute approximate surface area is 506 Å². The van der Waals surface area contributed by atoms with Crippen molar-refractivity contribution in [1.29, 1.82) is 0 Å². The first-order valence-electron chi connectivity index (χ1n) is 29.8. The number of pyridine rings is 2. The average Bonchev–Trinajstić information content (AvgIpc) is 0.840. The van der Waals surface area contributed by atoms with Gasteiger partial charge in [0, 0.05) is 67.7 Å². The number of hydrogen-bond donors (Lipinski definition) is 0. The molecule has 0 aliphatic rings. The van der Waals surface area contributed by atoms with E-state index in [2.05, 4.69) is 267 Å². The average molecular weight is 1120 g/mol. The van der Waals surface area contributed by atoms with Crippen LogP contribution in [0.25, 0.3) is 188 Å². The van der Waals surface area contributed by atoms with E-state index in [0.717, 1.165) is 122 Å². The number of benzene rings is 14. The van der Waals surface area contributed by atoms with E-state index < -0.39 is 0 Å². The van der Waals surface area contributed by atoms with Gasteiger partial charge in [-0.25, -0.2) is 19.9 Å². The number of para-hydroxylation sites is 2. The standard InChI is InChI=1S/C82H48N6/c1-7-57-33-35-61-39-43-69(67-41-37-59(9-1)75(57)77(61)67)81-85-71(47-73(87-81)55-29-21-51(22-30-55)65-15-3-11-63-13-5-45-83-79(63)65)53-25-17-49(18-26-53)50-19-27-54(28-20-50)72-48-74(56-31-23-52(24-32-56)66-16-4-12-64-14-6-46-84-80(64)66)88-82(86-72)70-44-40-62-36-34-58-8-2-10-60-38-42-68(70)78(62)76(58)60/h1-48H. The first kappa shape index (κ1) is 49.6. The zero-order valence-electron chi connectivity index (χ0n) is 47.4. The summed E-state index contributed by atoms with van der Waals surface area (Å²) in [7, 11) is 0. The maximum Gasteiger partial charge on any atom is 0.161 e. The summed E-state index contributed by atoms with van der Waals surface area (Å²) in [5.41, 5.74) is 17.9. The molecule has 0 radical (unpaired) electrons. The Balaban J connectivity index is 0.717. The second-order valence-corrected chi connectivity index (χ2v) is 22.9. The summed E-state index contributed by atoms with van der Waals surface area (Å²) in [6.45, 7) is 0. The SMILES string of the molecule is c1cnc2c(-c3ccc(-c4cc(-c5ccc(-c6ccc(-c7cc(-c8ccc(-c9cccc%10cccnc9%10)cc8)nc(-c8ccc9ccc%10cccc%11ccc8c9c%10%11)n7)cc6)cc5)nc(-c5ccc6ccc7cccc8ccc5c6c78)n4)cc3)cccc2c1. The molecule has 18 aromatic rings. The molecule has 0 N–H and O–H groups in total. The van der Waals surface area contributed by atoms with Crippen LogP contribution in [0.2, 0.25) is 0 Å². The number of nitrogens with zero attached hydrogens (tertiary/aromatic N) is 6. The molecule has 14 aromatic carbocycles. The molecule has 6 heteroatoms. The number of fused-ring (bicyclic) bond motifs is 2. The van der Waals surface area contributed by atoms with Crippen molar-refractivity contribution in [3.63, 3.8) is 0 Å². The van der Waals surface area contributed by atoms with Crippen molar-refractivity contribution >= 4 is 86.4 Å². The molecule has 18 rings (SSSR count). The molecule has 406 valence electrons. The molecule has 4 heterocycles. The van der Waals surface area contributed by atoms with E-state index >= 15 is 0 Å². The van der Waals surface area contributed by atoms with Crippen LogP contribution in [0.1, 0.15) is 0 Å². The summed E-state index contributed by atoms with van der Waals surface area (Å²) in [4.78, 5) is 31.1. The normalized spacial score (nSPS) is 11.9. The van der Waals surface area contributed by atoms with E-state index in [1.165, 1.54) is 53.9 Å². The smallest absolute Gasteiger partial charge is 0.161 e. The van der Waals surface area contributed by atoms with Crippen molar-refractivity contribution in [2.24, 2.45) is 0 Å². The van der Waals surface area contributed by atoms with Crippen LogP contribution >= 0.6 is 0 Å². The van der Waals surface area contributed by atoms with Crippen LogP contribution in [0.15, 0.2) is 291 Å². The van der Waals surface area contributed by atoms with Crippen LogP contribution in [0, 0.1) is 0 Å². The highest BCUT2D eigenvalue weighted by molar-refractivity contribution is 6.26. The maximum atomic E-state index is 5.42. The third-order valence-corrected chi connectivity index (χ3v) is 17.9. The Morgan fingerprint density at radius 3 is 0.852 bits per heavy atom. The molecule has 0 saturated heterocycles. The molecular formula is C82H48N6. The monoisotopic (exact) mass is 1120 g/mol. The molecule has 0 atom stereocenters. The topological polar surface area (TPSA) is 77.3 Å². The molecule has 0 spiro atoms. The second kappa shape index (κ2) is 19.9. The maximum absolute atomic E-state index is 5.42. The molecular weight excluding hydrogens is 1070 g/mol. The lowest BCUT2D eigenvalue weighted by Crippen LogP contribution is -1.97. The van der Waals surface area contributed by atoms with Gasteiger partial charge in [-0.1, -0.05) is 243 Å².